The van der Waals surface area contributed by atoms with Crippen LogP contribution >= 0.6 is 0 Å². The van der Waals surface area contributed by atoms with Crippen molar-refractivity contribution in [1.29, 1.82) is 0 Å². The third-order valence-corrected chi connectivity index (χ3v) is 4.27. The Bertz CT molecular complexity index is 365. The number of hydrogen-bond donors (Lipinski definition) is 1. The van der Waals surface area contributed by atoms with E-state index in [0.717, 1.165) is 37.4 Å². The highest BCUT2D eigenvalue weighted by atomic mass is 15.1. The Hall–Kier alpha value is -0.830. The lowest BCUT2D eigenvalue weighted by molar-refractivity contribution is 0.404. The summed E-state index contributed by atoms with van der Waals surface area (Å²) in [6.07, 6.45) is 12.2. The van der Waals surface area contributed by atoms with Crippen molar-refractivity contribution in [1.82, 2.24) is 14.9 Å². The highest BCUT2D eigenvalue weighted by Crippen LogP contribution is 2.44. The predicted octanol–water partition coefficient (Wildman–Crippen LogP) is 2.61. The van der Waals surface area contributed by atoms with Gasteiger partial charge in [-0.15, -0.1) is 0 Å². The lowest BCUT2D eigenvalue weighted by atomic mass is 10.1. The van der Waals surface area contributed by atoms with Crippen LogP contribution in [0, 0.1) is 11.8 Å². The topological polar surface area (TPSA) is 29.9 Å². The predicted molar refractivity (Wildman–Crippen MR) is 73.5 cm³/mol. The van der Waals surface area contributed by atoms with Gasteiger partial charge in [0, 0.05) is 37.9 Å². The molecule has 100 valence electrons. The van der Waals surface area contributed by atoms with E-state index in [-0.39, 0.29) is 0 Å². The standard InChI is InChI=1S/C15H25N3/c1-2-3-14-16-8-10-18(14)11-9-17-15(12-4-5-12)13-6-7-13/h8,10,12-13,15,17H,2-7,9,11H2,1H3. The number of nitrogens with one attached hydrogen (secondary N) is 1. The number of aromatic nitrogens is 2. The van der Waals surface area contributed by atoms with Crippen molar-refractivity contribution in [2.75, 3.05) is 6.54 Å². The zero-order valence-electron chi connectivity index (χ0n) is 11.4. The fourth-order valence-electron chi connectivity index (χ4n) is 2.98. The van der Waals surface area contributed by atoms with Crippen LogP contribution in [-0.4, -0.2) is 22.1 Å². The van der Waals surface area contributed by atoms with Crippen LogP contribution in [-0.2, 0) is 13.0 Å². The Morgan fingerprint density at radius 3 is 2.67 bits per heavy atom. The number of hydrogen-bond acceptors (Lipinski definition) is 2. The second-order valence-corrected chi connectivity index (χ2v) is 5.94. The molecule has 2 aliphatic carbocycles. The molecule has 18 heavy (non-hydrogen) atoms. The molecule has 0 radical (unpaired) electrons. The molecule has 0 spiro atoms. The van der Waals surface area contributed by atoms with E-state index in [2.05, 4.69) is 28.0 Å². The Kier molecular flexibility index (Phi) is 3.69. The first-order valence-electron chi connectivity index (χ1n) is 7.62. The molecule has 0 unspecified atom stereocenters. The Morgan fingerprint density at radius 1 is 1.33 bits per heavy atom. The van der Waals surface area contributed by atoms with E-state index in [1.165, 1.54) is 37.9 Å². The van der Waals surface area contributed by atoms with Crippen LogP contribution in [0.5, 0.6) is 0 Å². The molecule has 3 nitrogen and oxygen atoms in total. The van der Waals surface area contributed by atoms with Gasteiger partial charge in [0.15, 0.2) is 0 Å². The van der Waals surface area contributed by atoms with Crippen molar-refractivity contribution in [3.63, 3.8) is 0 Å². The summed E-state index contributed by atoms with van der Waals surface area (Å²) in [5.41, 5.74) is 0. The molecule has 1 heterocycles. The maximum atomic E-state index is 4.43. The van der Waals surface area contributed by atoms with Gasteiger partial charge in [-0.25, -0.2) is 4.98 Å². The fourth-order valence-corrected chi connectivity index (χ4v) is 2.98. The molecule has 1 aromatic rings. The van der Waals surface area contributed by atoms with Crippen LogP contribution in [0.2, 0.25) is 0 Å². The minimum Gasteiger partial charge on any atom is -0.334 e. The van der Waals surface area contributed by atoms with Gasteiger partial charge in [-0.1, -0.05) is 6.92 Å². The smallest absolute Gasteiger partial charge is 0.108 e. The van der Waals surface area contributed by atoms with Crippen molar-refractivity contribution >= 4 is 0 Å². The Balaban J connectivity index is 1.46. The quantitative estimate of drug-likeness (QED) is 0.765. The first kappa shape index (κ1) is 12.2. The van der Waals surface area contributed by atoms with Crippen molar-refractivity contribution in [3.05, 3.63) is 18.2 Å². The van der Waals surface area contributed by atoms with Crippen LogP contribution < -0.4 is 5.32 Å². The average molecular weight is 247 g/mol. The van der Waals surface area contributed by atoms with Crippen molar-refractivity contribution in [3.8, 4) is 0 Å². The lowest BCUT2D eigenvalue weighted by Gasteiger charge is -2.18. The highest BCUT2D eigenvalue weighted by Gasteiger charge is 2.40. The molecule has 0 aromatic carbocycles. The summed E-state index contributed by atoms with van der Waals surface area (Å²) in [6, 6.07) is 0.822. The monoisotopic (exact) mass is 247 g/mol. The largest absolute Gasteiger partial charge is 0.334 e. The van der Waals surface area contributed by atoms with E-state index in [9.17, 15) is 0 Å². The van der Waals surface area contributed by atoms with E-state index < -0.39 is 0 Å². The van der Waals surface area contributed by atoms with Gasteiger partial charge in [-0.3, -0.25) is 0 Å². The number of nitrogens with zero attached hydrogens (tertiary/aromatic N) is 2. The van der Waals surface area contributed by atoms with Gasteiger partial charge >= 0.3 is 0 Å². The van der Waals surface area contributed by atoms with E-state index in [0.29, 0.717) is 0 Å². The summed E-state index contributed by atoms with van der Waals surface area (Å²) < 4.78 is 2.31. The number of rotatable bonds is 8. The molecular formula is C15H25N3. The van der Waals surface area contributed by atoms with Crippen LogP contribution in [0.4, 0.5) is 0 Å². The zero-order valence-corrected chi connectivity index (χ0v) is 11.4. The van der Waals surface area contributed by atoms with E-state index >= 15 is 0 Å². The number of aryl methyl sites for hydroxylation is 1. The molecular weight excluding hydrogens is 222 g/mol. The number of imidazole rings is 1. The summed E-state index contributed by atoms with van der Waals surface area (Å²) in [5, 5.41) is 3.80. The molecule has 2 saturated carbocycles. The summed E-state index contributed by atoms with van der Waals surface area (Å²) in [6.45, 7) is 4.39. The molecule has 2 aliphatic rings. The minimum absolute atomic E-state index is 0.822. The molecule has 0 aliphatic heterocycles. The van der Waals surface area contributed by atoms with Gasteiger partial charge in [0.2, 0.25) is 0 Å². The van der Waals surface area contributed by atoms with Crippen molar-refractivity contribution < 1.29 is 0 Å². The van der Waals surface area contributed by atoms with Crippen LogP contribution in [0.3, 0.4) is 0 Å². The zero-order chi connectivity index (χ0) is 12.4. The highest BCUT2D eigenvalue weighted by molar-refractivity contribution is 4.97. The molecule has 3 heteroatoms. The fraction of sp³-hybridized carbons (Fsp3) is 0.800. The summed E-state index contributed by atoms with van der Waals surface area (Å²) in [7, 11) is 0. The SMILES string of the molecule is CCCc1nccn1CCNC(C1CC1)C1CC1. The summed E-state index contributed by atoms with van der Waals surface area (Å²) in [5.74, 6) is 3.24. The normalized spacial score (nSPS) is 19.7. The summed E-state index contributed by atoms with van der Waals surface area (Å²) >= 11 is 0. The second kappa shape index (κ2) is 5.43. The minimum atomic E-state index is 0.822. The maximum Gasteiger partial charge on any atom is 0.108 e. The van der Waals surface area contributed by atoms with Gasteiger partial charge in [-0.2, -0.15) is 0 Å². The van der Waals surface area contributed by atoms with Crippen molar-refractivity contribution in [2.45, 2.75) is 58.0 Å². The van der Waals surface area contributed by atoms with Crippen LogP contribution in [0.25, 0.3) is 0 Å². The molecule has 0 bridgehead atoms. The lowest BCUT2D eigenvalue weighted by Crippen LogP contribution is -2.35. The Labute approximate surface area is 110 Å². The maximum absolute atomic E-state index is 4.43. The van der Waals surface area contributed by atoms with Gasteiger partial charge in [0.05, 0.1) is 0 Å². The first-order chi connectivity index (χ1) is 8.88. The average Bonchev–Trinajstić information content (AvgIpc) is 3.27. The second-order valence-electron chi connectivity index (χ2n) is 5.94. The molecule has 3 rings (SSSR count). The molecule has 0 atom stereocenters. The van der Waals surface area contributed by atoms with Crippen LogP contribution in [0.15, 0.2) is 12.4 Å². The van der Waals surface area contributed by atoms with Crippen LogP contribution in [0.1, 0.15) is 44.9 Å². The Morgan fingerprint density at radius 2 is 2.06 bits per heavy atom. The first-order valence-corrected chi connectivity index (χ1v) is 7.62. The van der Waals surface area contributed by atoms with E-state index in [1.54, 1.807) is 0 Å². The molecule has 0 saturated heterocycles. The third kappa shape index (κ3) is 2.94. The van der Waals surface area contributed by atoms with Crippen molar-refractivity contribution in [2.24, 2.45) is 11.8 Å². The summed E-state index contributed by atoms with van der Waals surface area (Å²) in [4.78, 5) is 4.43. The third-order valence-electron chi connectivity index (χ3n) is 4.27. The van der Waals surface area contributed by atoms with E-state index in [4.69, 9.17) is 0 Å². The van der Waals surface area contributed by atoms with Gasteiger partial charge in [-0.05, 0) is 43.9 Å². The molecule has 1 aromatic heterocycles. The molecule has 2 fully saturated rings. The molecule has 1 N–H and O–H groups in total. The van der Waals surface area contributed by atoms with Gasteiger partial charge in [0.1, 0.15) is 5.82 Å². The molecule has 0 amide bonds. The van der Waals surface area contributed by atoms with Gasteiger partial charge < -0.3 is 9.88 Å². The van der Waals surface area contributed by atoms with E-state index in [1.807, 2.05) is 6.20 Å². The van der Waals surface area contributed by atoms with Gasteiger partial charge in [0.25, 0.3) is 0 Å².